The Morgan fingerprint density at radius 1 is 1.26 bits per heavy atom. The monoisotopic (exact) mass is 263 g/mol. The van der Waals surface area contributed by atoms with Gasteiger partial charge in [0, 0.05) is 30.9 Å². The molecule has 0 aromatic heterocycles. The average Bonchev–Trinajstić information content (AvgIpc) is 2.47. The topological polar surface area (TPSA) is 67.6 Å². The van der Waals surface area contributed by atoms with Gasteiger partial charge in [0.1, 0.15) is 0 Å². The zero-order valence-corrected chi connectivity index (χ0v) is 11.1. The van der Waals surface area contributed by atoms with E-state index in [1.807, 2.05) is 24.3 Å². The van der Waals surface area contributed by atoms with Crippen LogP contribution in [0.15, 0.2) is 24.3 Å². The number of nitrogens with one attached hydrogen (secondary N) is 1. The molecule has 0 atom stereocenters. The Labute approximate surface area is 113 Å². The summed E-state index contributed by atoms with van der Waals surface area (Å²) in [6.45, 7) is 3.93. The lowest BCUT2D eigenvalue weighted by Gasteiger charge is -2.28. The van der Waals surface area contributed by atoms with Gasteiger partial charge in [-0.05, 0) is 37.2 Å². The molecule has 3 N–H and O–H groups in total. The largest absolute Gasteiger partial charge is 0.378 e. The van der Waals surface area contributed by atoms with Gasteiger partial charge in [-0.25, -0.2) is 0 Å². The van der Waals surface area contributed by atoms with Crippen LogP contribution in [0.25, 0.3) is 0 Å². The van der Waals surface area contributed by atoms with Crippen LogP contribution in [0.5, 0.6) is 0 Å². The first-order valence-electron chi connectivity index (χ1n) is 6.72. The van der Waals surface area contributed by atoms with Crippen molar-refractivity contribution in [2.24, 2.45) is 5.73 Å². The lowest BCUT2D eigenvalue weighted by molar-refractivity contribution is -0.116. The molecule has 0 spiro atoms. The van der Waals surface area contributed by atoms with E-state index in [0.717, 1.165) is 38.4 Å². The van der Waals surface area contributed by atoms with Gasteiger partial charge in [0.15, 0.2) is 0 Å². The van der Waals surface area contributed by atoms with Gasteiger partial charge in [0.2, 0.25) is 5.91 Å². The molecule has 0 bridgehead atoms. The highest BCUT2D eigenvalue weighted by Crippen LogP contribution is 2.19. The fourth-order valence-electron chi connectivity index (χ4n) is 2.06. The van der Waals surface area contributed by atoms with E-state index >= 15 is 0 Å². The van der Waals surface area contributed by atoms with E-state index in [1.165, 1.54) is 5.69 Å². The van der Waals surface area contributed by atoms with E-state index in [2.05, 4.69) is 10.2 Å². The first kappa shape index (κ1) is 13.8. The van der Waals surface area contributed by atoms with Crippen LogP contribution in [-0.2, 0) is 9.53 Å². The number of carbonyl (C=O) groups excluding carboxylic acids is 1. The maximum atomic E-state index is 11.6. The Bertz CT molecular complexity index is 400. The normalized spacial score (nSPS) is 15.3. The number of hydrogen-bond donors (Lipinski definition) is 2. The number of carbonyl (C=O) groups is 1. The number of rotatable bonds is 5. The van der Waals surface area contributed by atoms with Gasteiger partial charge in [-0.1, -0.05) is 0 Å². The smallest absolute Gasteiger partial charge is 0.224 e. The summed E-state index contributed by atoms with van der Waals surface area (Å²) in [6.07, 6.45) is 1.19. The van der Waals surface area contributed by atoms with E-state index in [0.29, 0.717) is 13.0 Å². The molecule has 0 unspecified atom stereocenters. The van der Waals surface area contributed by atoms with Gasteiger partial charge in [-0.15, -0.1) is 0 Å². The SMILES string of the molecule is NCCCC(=O)Nc1ccc(N2CCOCC2)cc1. The number of ether oxygens (including phenoxy) is 1. The zero-order chi connectivity index (χ0) is 13.5. The molecule has 1 aliphatic rings. The molecule has 1 aliphatic heterocycles. The molecule has 1 fully saturated rings. The van der Waals surface area contributed by atoms with Crippen molar-refractivity contribution < 1.29 is 9.53 Å². The molecule has 5 heteroatoms. The van der Waals surface area contributed by atoms with Gasteiger partial charge in [-0.2, -0.15) is 0 Å². The number of nitrogens with zero attached hydrogens (tertiary/aromatic N) is 1. The summed E-state index contributed by atoms with van der Waals surface area (Å²) in [5.41, 5.74) is 7.38. The van der Waals surface area contributed by atoms with Crippen molar-refractivity contribution in [3.63, 3.8) is 0 Å². The number of amides is 1. The molecule has 19 heavy (non-hydrogen) atoms. The highest BCUT2D eigenvalue weighted by molar-refractivity contribution is 5.90. The Kier molecular flexibility index (Phi) is 5.18. The summed E-state index contributed by atoms with van der Waals surface area (Å²) in [7, 11) is 0. The second-order valence-electron chi connectivity index (χ2n) is 4.59. The summed E-state index contributed by atoms with van der Waals surface area (Å²) in [6, 6.07) is 7.93. The summed E-state index contributed by atoms with van der Waals surface area (Å²) in [4.78, 5) is 13.8. The predicted molar refractivity (Wildman–Crippen MR) is 76.4 cm³/mol. The standard InChI is InChI=1S/C14H21N3O2/c15-7-1-2-14(18)16-12-3-5-13(6-4-12)17-8-10-19-11-9-17/h3-6H,1-2,7-11,15H2,(H,16,18). The molecule has 0 aliphatic carbocycles. The summed E-state index contributed by atoms with van der Waals surface area (Å²) in [5.74, 6) is 0.0181. The minimum atomic E-state index is 0.0181. The second-order valence-corrected chi connectivity index (χ2v) is 4.59. The average molecular weight is 263 g/mol. The van der Waals surface area contributed by atoms with Gasteiger partial charge in [0.05, 0.1) is 13.2 Å². The van der Waals surface area contributed by atoms with Crippen LogP contribution in [0.3, 0.4) is 0 Å². The van der Waals surface area contributed by atoms with Crippen LogP contribution in [0.4, 0.5) is 11.4 Å². The van der Waals surface area contributed by atoms with Gasteiger partial charge >= 0.3 is 0 Å². The van der Waals surface area contributed by atoms with E-state index in [-0.39, 0.29) is 5.91 Å². The van der Waals surface area contributed by atoms with Crippen molar-refractivity contribution in [3.05, 3.63) is 24.3 Å². The lowest BCUT2D eigenvalue weighted by atomic mass is 10.2. The van der Waals surface area contributed by atoms with Crippen LogP contribution >= 0.6 is 0 Å². The molecular weight excluding hydrogens is 242 g/mol. The Morgan fingerprint density at radius 2 is 1.95 bits per heavy atom. The molecule has 1 heterocycles. The highest BCUT2D eigenvalue weighted by Gasteiger charge is 2.10. The van der Waals surface area contributed by atoms with Crippen molar-refractivity contribution in [1.29, 1.82) is 0 Å². The first-order valence-corrected chi connectivity index (χ1v) is 6.72. The number of nitrogens with two attached hydrogens (primary N) is 1. The van der Waals surface area contributed by atoms with Gasteiger partial charge in [-0.3, -0.25) is 4.79 Å². The van der Waals surface area contributed by atoms with E-state index < -0.39 is 0 Å². The molecular formula is C14H21N3O2. The van der Waals surface area contributed by atoms with Crippen LogP contribution in [0.2, 0.25) is 0 Å². The van der Waals surface area contributed by atoms with Crippen LogP contribution in [0.1, 0.15) is 12.8 Å². The third-order valence-electron chi connectivity index (χ3n) is 3.14. The number of hydrogen-bond acceptors (Lipinski definition) is 4. The van der Waals surface area contributed by atoms with Crippen molar-refractivity contribution >= 4 is 17.3 Å². The number of morpholine rings is 1. The molecule has 104 valence electrons. The quantitative estimate of drug-likeness (QED) is 0.837. The summed E-state index contributed by atoms with van der Waals surface area (Å²) >= 11 is 0. The van der Waals surface area contributed by atoms with Gasteiger partial charge < -0.3 is 20.7 Å². The predicted octanol–water partition coefficient (Wildman–Crippen LogP) is 1.20. The van der Waals surface area contributed by atoms with Crippen LogP contribution in [0, 0.1) is 0 Å². The van der Waals surface area contributed by atoms with E-state index in [4.69, 9.17) is 10.5 Å². The molecule has 0 radical (unpaired) electrons. The van der Waals surface area contributed by atoms with Crippen molar-refractivity contribution in [2.75, 3.05) is 43.1 Å². The third-order valence-corrected chi connectivity index (χ3v) is 3.14. The minimum absolute atomic E-state index is 0.0181. The zero-order valence-electron chi connectivity index (χ0n) is 11.1. The van der Waals surface area contributed by atoms with Crippen molar-refractivity contribution in [1.82, 2.24) is 0 Å². The Hall–Kier alpha value is -1.59. The maximum Gasteiger partial charge on any atom is 0.224 e. The second kappa shape index (κ2) is 7.11. The molecule has 1 saturated heterocycles. The summed E-state index contributed by atoms with van der Waals surface area (Å²) in [5, 5.41) is 2.87. The number of anilines is 2. The minimum Gasteiger partial charge on any atom is -0.378 e. The maximum absolute atomic E-state index is 11.6. The summed E-state index contributed by atoms with van der Waals surface area (Å²) < 4.78 is 5.33. The highest BCUT2D eigenvalue weighted by atomic mass is 16.5. The lowest BCUT2D eigenvalue weighted by Crippen LogP contribution is -2.36. The molecule has 0 saturated carbocycles. The van der Waals surface area contributed by atoms with E-state index in [1.54, 1.807) is 0 Å². The third kappa shape index (κ3) is 4.22. The van der Waals surface area contributed by atoms with Gasteiger partial charge in [0.25, 0.3) is 0 Å². The molecule has 1 aromatic rings. The van der Waals surface area contributed by atoms with Crippen LogP contribution in [-0.4, -0.2) is 38.8 Å². The molecule has 1 amide bonds. The van der Waals surface area contributed by atoms with Crippen molar-refractivity contribution in [2.45, 2.75) is 12.8 Å². The molecule has 1 aromatic carbocycles. The first-order chi connectivity index (χ1) is 9.29. The molecule has 5 nitrogen and oxygen atoms in total. The number of benzene rings is 1. The fourth-order valence-corrected chi connectivity index (χ4v) is 2.06. The Morgan fingerprint density at radius 3 is 2.58 bits per heavy atom. The van der Waals surface area contributed by atoms with Crippen molar-refractivity contribution in [3.8, 4) is 0 Å². The van der Waals surface area contributed by atoms with E-state index in [9.17, 15) is 4.79 Å². The Balaban J connectivity index is 1.88. The van der Waals surface area contributed by atoms with Crippen LogP contribution < -0.4 is 16.0 Å². The molecule has 2 rings (SSSR count). The fraction of sp³-hybridized carbons (Fsp3) is 0.500.